The molecule has 0 saturated carbocycles. The van der Waals surface area contributed by atoms with E-state index >= 15 is 0 Å². The number of aromatic nitrogens is 1. The molecule has 0 atom stereocenters. The lowest BCUT2D eigenvalue weighted by atomic mass is 9.97. The first-order chi connectivity index (χ1) is 8.83. The number of nitrogens with zero attached hydrogens (tertiary/aromatic N) is 1. The Balaban J connectivity index is 2.30. The molecule has 0 amide bonds. The van der Waals surface area contributed by atoms with Crippen molar-refractivity contribution in [3.05, 3.63) is 53.9 Å². The summed E-state index contributed by atoms with van der Waals surface area (Å²) in [6.07, 6.45) is 4.95. The SMILES string of the molecule is CCCNCc1ccccc1-c1ccncc1C. The van der Waals surface area contributed by atoms with Gasteiger partial charge in [0.15, 0.2) is 0 Å². The van der Waals surface area contributed by atoms with Gasteiger partial charge in [0, 0.05) is 18.9 Å². The van der Waals surface area contributed by atoms with Crippen molar-refractivity contribution in [3.8, 4) is 11.1 Å². The summed E-state index contributed by atoms with van der Waals surface area (Å²) in [5.41, 5.74) is 5.15. The number of hydrogen-bond donors (Lipinski definition) is 1. The third-order valence-corrected chi connectivity index (χ3v) is 3.07. The molecular formula is C16H20N2. The molecule has 94 valence electrons. The van der Waals surface area contributed by atoms with Crippen LogP contribution in [0, 0.1) is 6.92 Å². The fourth-order valence-electron chi connectivity index (χ4n) is 2.11. The molecule has 2 nitrogen and oxygen atoms in total. The second kappa shape index (κ2) is 6.31. The topological polar surface area (TPSA) is 24.9 Å². The van der Waals surface area contributed by atoms with E-state index in [0.717, 1.165) is 19.5 Å². The van der Waals surface area contributed by atoms with Crippen molar-refractivity contribution in [1.82, 2.24) is 10.3 Å². The molecule has 2 heteroatoms. The molecule has 2 rings (SSSR count). The summed E-state index contributed by atoms with van der Waals surface area (Å²) in [5, 5.41) is 3.47. The number of rotatable bonds is 5. The van der Waals surface area contributed by atoms with Crippen LogP contribution in [0.25, 0.3) is 11.1 Å². The van der Waals surface area contributed by atoms with Gasteiger partial charge in [0.1, 0.15) is 0 Å². The molecule has 0 saturated heterocycles. The fourth-order valence-corrected chi connectivity index (χ4v) is 2.11. The Hall–Kier alpha value is -1.67. The second-order valence-corrected chi connectivity index (χ2v) is 4.52. The second-order valence-electron chi connectivity index (χ2n) is 4.52. The van der Waals surface area contributed by atoms with E-state index in [1.165, 1.54) is 22.3 Å². The Morgan fingerprint density at radius 1 is 1.11 bits per heavy atom. The molecule has 0 unspecified atom stereocenters. The van der Waals surface area contributed by atoms with Crippen LogP contribution in [0.2, 0.25) is 0 Å². The number of hydrogen-bond acceptors (Lipinski definition) is 2. The molecule has 1 aromatic heterocycles. The summed E-state index contributed by atoms with van der Waals surface area (Å²) in [5.74, 6) is 0. The lowest BCUT2D eigenvalue weighted by Crippen LogP contribution is -2.14. The van der Waals surface area contributed by atoms with E-state index in [1.54, 1.807) is 0 Å². The summed E-state index contributed by atoms with van der Waals surface area (Å²) in [6, 6.07) is 10.7. The largest absolute Gasteiger partial charge is 0.313 e. The van der Waals surface area contributed by atoms with Crippen LogP contribution in [0.4, 0.5) is 0 Å². The monoisotopic (exact) mass is 240 g/mol. The summed E-state index contributed by atoms with van der Waals surface area (Å²) in [6.45, 7) is 6.28. The van der Waals surface area contributed by atoms with E-state index in [9.17, 15) is 0 Å². The molecule has 0 radical (unpaired) electrons. The van der Waals surface area contributed by atoms with Gasteiger partial charge in [0.05, 0.1) is 0 Å². The van der Waals surface area contributed by atoms with Crippen molar-refractivity contribution in [2.24, 2.45) is 0 Å². The Bertz CT molecular complexity index is 506. The zero-order chi connectivity index (χ0) is 12.8. The number of aryl methyl sites for hydroxylation is 1. The van der Waals surface area contributed by atoms with Crippen LogP contribution in [0.1, 0.15) is 24.5 Å². The van der Waals surface area contributed by atoms with Gasteiger partial charge in [-0.1, -0.05) is 31.2 Å². The van der Waals surface area contributed by atoms with Crippen molar-refractivity contribution >= 4 is 0 Å². The Morgan fingerprint density at radius 2 is 1.94 bits per heavy atom. The summed E-state index contributed by atoms with van der Waals surface area (Å²) in [7, 11) is 0. The lowest BCUT2D eigenvalue weighted by Gasteiger charge is -2.12. The first-order valence-electron chi connectivity index (χ1n) is 6.52. The van der Waals surface area contributed by atoms with Gasteiger partial charge < -0.3 is 5.32 Å². The Labute approximate surface area is 109 Å². The quantitative estimate of drug-likeness (QED) is 0.808. The third kappa shape index (κ3) is 2.96. The van der Waals surface area contributed by atoms with Gasteiger partial charge in [-0.2, -0.15) is 0 Å². The van der Waals surface area contributed by atoms with E-state index in [1.807, 2.05) is 12.4 Å². The van der Waals surface area contributed by atoms with Crippen LogP contribution < -0.4 is 5.32 Å². The maximum atomic E-state index is 4.16. The van der Waals surface area contributed by atoms with E-state index in [0.29, 0.717) is 0 Å². The maximum Gasteiger partial charge on any atom is 0.0303 e. The van der Waals surface area contributed by atoms with Gasteiger partial charge in [-0.05, 0) is 48.2 Å². The van der Waals surface area contributed by atoms with Crippen molar-refractivity contribution in [3.63, 3.8) is 0 Å². The molecule has 1 heterocycles. The number of nitrogens with one attached hydrogen (secondary N) is 1. The smallest absolute Gasteiger partial charge is 0.0303 e. The predicted molar refractivity (Wildman–Crippen MR) is 76.4 cm³/mol. The van der Waals surface area contributed by atoms with Gasteiger partial charge >= 0.3 is 0 Å². The Kier molecular flexibility index (Phi) is 4.48. The maximum absolute atomic E-state index is 4.16. The minimum atomic E-state index is 0.922. The first kappa shape index (κ1) is 12.8. The molecule has 18 heavy (non-hydrogen) atoms. The van der Waals surface area contributed by atoms with E-state index in [4.69, 9.17) is 0 Å². The van der Waals surface area contributed by atoms with Crippen LogP contribution in [0.15, 0.2) is 42.7 Å². The molecule has 0 fully saturated rings. The van der Waals surface area contributed by atoms with E-state index < -0.39 is 0 Å². The average Bonchev–Trinajstić information content (AvgIpc) is 2.40. The van der Waals surface area contributed by atoms with E-state index in [-0.39, 0.29) is 0 Å². The molecule has 0 spiro atoms. The Morgan fingerprint density at radius 3 is 2.72 bits per heavy atom. The number of benzene rings is 1. The van der Waals surface area contributed by atoms with Crippen LogP contribution >= 0.6 is 0 Å². The van der Waals surface area contributed by atoms with Crippen molar-refractivity contribution in [2.75, 3.05) is 6.54 Å². The van der Waals surface area contributed by atoms with Crippen LogP contribution in [-0.4, -0.2) is 11.5 Å². The normalized spacial score (nSPS) is 10.6. The fraction of sp³-hybridized carbons (Fsp3) is 0.312. The molecule has 0 aliphatic carbocycles. The molecule has 1 aromatic carbocycles. The molecule has 0 bridgehead atoms. The standard InChI is InChI=1S/C16H20N2/c1-3-9-17-12-14-6-4-5-7-16(14)15-8-10-18-11-13(15)2/h4-8,10-11,17H,3,9,12H2,1-2H3. The molecular weight excluding hydrogens is 220 g/mol. The highest BCUT2D eigenvalue weighted by atomic mass is 14.8. The van der Waals surface area contributed by atoms with Crippen molar-refractivity contribution < 1.29 is 0 Å². The van der Waals surface area contributed by atoms with Gasteiger partial charge in [-0.3, -0.25) is 4.98 Å². The minimum Gasteiger partial charge on any atom is -0.313 e. The lowest BCUT2D eigenvalue weighted by molar-refractivity contribution is 0.676. The molecule has 0 aliphatic heterocycles. The highest BCUT2D eigenvalue weighted by Gasteiger charge is 2.06. The van der Waals surface area contributed by atoms with Crippen LogP contribution in [-0.2, 0) is 6.54 Å². The van der Waals surface area contributed by atoms with E-state index in [2.05, 4.69) is 54.5 Å². The number of pyridine rings is 1. The summed E-state index contributed by atoms with van der Waals surface area (Å²) in [4.78, 5) is 4.16. The van der Waals surface area contributed by atoms with Gasteiger partial charge in [-0.15, -0.1) is 0 Å². The predicted octanol–water partition coefficient (Wildman–Crippen LogP) is 3.56. The van der Waals surface area contributed by atoms with Gasteiger partial charge in [0.2, 0.25) is 0 Å². The minimum absolute atomic E-state index is 0.922. The summed E-state index contributed by atoms with van der Waals surface area (Å²) < 4.78 is 0. The highest BCUT2D eigenvalue weighted by molar-refractivity contribution is 5.69. The zero-order valence-electron chi connectivity index (χ0n) is 11.1. The average molecular weight is 240 g/mol. The molecule has 2 aromatic rings. The van der Waals surface area contributed by atoms with Gasteiger partial charge in [-0.25, -0.2) is 0 Å². The van der Waals surface area contributed by atoms with Crippen molar-refractivity contribution in [1.29, 1.82) is 0 Å². The van der Waals surface area contributed by atoms with Crippen LogP contribution in [0.3, 0.4) is 0 Å². The zero-order valence-corrected chi connectivity index (χ0v) is 11.1. The first-order valence-corrected chi connectivity index (χ1v) is 6.52. The molecule has 0 aliphatic rings. The van der Waals surface area contributed by atoms with Crippen molar-refractivity contribution in [2.45, 2.75) is 26.8 Å². The van der Waals surface area contributed by atoms with Crippen LogP contribution in [0.5, 0.6) is 0 Å². The third-order valence-electron chi connectivity index (χ3n) is 3.07. The highest BCUT2D eigenvalue weighted by Crippen LogP contribution is 2.25. The molecule has 1 N–H and O–H groups in total. The summed E-state index contributed by atoms with van der Waals surface area (Å²) >= 11 is 0. The van der Waals surface area contributed by atoms with Gasteiger partial charge in [0.25, 0.3) is 0 Å².